The molecule has 30 heavy (non-hydrogen) atoms. The Balaban J connectivity index is 1.74. The van der Waals surface area contributed by atoms with Crippen molar-refractivity contribution >= 4 is 17.3 Å². The predicted octanol–water partition coefficient (Wildman–Crippen LogP) is 3.98. The summed E-state index contributed by atoms with van der Waals surface area (Å²) in [4.78, 5) is 7.68. The lowest BCUT2D eigenvalue weighted by Crippen LogP contribution is -2.38. The largest absolute Gasteiger partial charge is 0.416 e. The van der Waals surface area contributed by atoms with Gasteiger partial charge in [-0.2, -0.15) is 13.2 Å². The molecule has 0 bridgehead atoms. The summed E-state index contributed by atoms with van der Waals surface area (Å²) in [7, 11) is 3.73. The molecule has 0 saturated heterocycles. The molecule has 0 atom stereocenters. The zero-order valence-corrected chi connectivity index (χ0v) is 17.8. The predicted molar refractivity (Wildman–Crippen MR) is 111 cm³/mol. The van der Waals surface area contributed by atoms with Crippen LogP contribution in [0.1, 0.15) is 27.7 Å². The molecule has 0 unspecified atom stereocenters. The maximum Gasteiger partial charge on any atom is 0.416 e. The third-order valence-electron chi connectivity index (χ3n) is 4.62. The van der Waals surface area contributed by atoms with Crippen LogP contribution >= 0.6 is 11.3 Å². The minimum atomic E-state index is -4.34. The number of thiophene rings is 1. The fourth-order valence-electron chi connectivity index (χ4n) is 2.77. The first kappa shape index (κ1) is 21.8. The van der Waals surface area contributed by atoms with Crippen molar-refractivity contribution in [1.82, 2.24) is 25.0 Å². The molecule has 2 aromatic heterocycles. The third-order valence-corrected chi connectivity index (χ3v) is 5.49. The molecular formula is C20H23F3N6S. The van der Waals surface area contributed by atoms with Gasteiger partial charge in [0, 0.05) is 25.5 Å². The average molecular weight is 437 g/mol. The Morgan fingerprint density at radius 3 is 2.50 bits per heavy atom. The minimum Gasteiger partial charge on any atom is -0.351 e. The van der Waals surface area contributed by atoms with Crippen molar-refractivity contribution in [2.24, 2.45) is 12.0 Å². The molecule has 0 radical (unpaired) electrons. The van der Waals surface area contributed by atoms with Gasteiger partial charge in [-0.1, -0.05) is 18.2 Å². The zero-order valence-electron chi connectivity index (χ0n) is 16.9. The normalized spacial score (nSPS) is 12.3. The number of hydrogen-bond acceptors (Lipinski definition) is 4. The second-order valence-corrected chi connectivity index (χ2v) is 7.88. The second kappa shape index (κ2) is 9.29. The van der Waals surface area contributed by atoms with E-state index in [0.717, 1.165) is 34.2 Å². The van der Waals surface area contributed by atoms with Crippen LogP contribution < -0.4 is 5.32 Å². The van der Waals surface area contributed by atoms with E-state index in [1.807, 2.05) is 48.0 Å². The molecule has 3 aromatic rings. The molecule has 0 amide bonds. The number of nitrogens with zero attached hydrogens (tertiary/aromatic N) is 5. The first-order valence-corrected chi connectivity index (χ1v) is 10.1. The highest BCUT2D eigenvalue weighted by Gasteiger charge is 2.29. The van der Waals surface area contributed by atoms with Crippen molar-refractivity contribution in [3.05, 3.63) is 69.4 Å². The number of guanidine groups is 1. The molecule has 1 aromatic carbocycles. The van der Waals surface area contributed by atoms with Gasteiger partial charge in [0.25, 0.3) is 0 Å². The number of aliphatic imine (C=N–C) groups is 1. The summed E-state index contributed by atoms with van der Waals surface area (Å²) in [6.45, 7) is 3.21. The fourth-order valence-corrected chi connectivity index (χ4v) is 3.42. The number of aromatic nitrogens is 3. The molecule has 3 rings (SSSR count). The molecule has 0 aliphatic carbocycles. The van der Waals surface area contributed by atoms with Gasteiger partial charge in [-0.05, 0) is 36.1 Å². The van der Waals surface area contributed by atoms with Crippen molar-refractivity contribution < 1.29 is 13.2 Å². The van der Waals surface area contributed by atoms with Gasteiger partial charge >= 0.3 is 6.18 Å². The molecule has 160 valence electrons. The highest BCUT2D eigenvalue weighted by atomic mass is 32.1. The fraction of sp³-hybridized carbons (Fsp3) is 0.350. The van der Waals surface area contributed by atoms with E-state index in [4.69, 9.17) is 0 Å². The van der Waals surface area contributed by atoms with E-state index in [2.05, 4.69) is 20.5 Å². The van der Waals surface area contributed by atoms with Crippen LogP contribution in [0, 0.1) is 6.92 Å². The van der Waals surface area contributed by atoms with E-state index < -0.39 is 11.7 Å². The van der Waals surface area contributed by atoms with Crippen LogP contribution in [-0.2, 0) is 32.9 Å². The first-order chi connectivity index (χ1) is 14.2. The summed E-state index contributed by atoms with van der Waals surface area (Å²) in [5.74, 6) is 2.15. The van der Waals surface area contributed by atoms with Crippen LogP contribution in [0.2, 0.25) is 0 Å². The highest BCUT2D eigenvalue weighted by molar-refractivity contribution is 7.09. The van der Waals surface area contributed by atoms with Crippen molar-refractivity contribution in [2.45, 2.75) is 32.7 Å². The molecule has 0 aliphatic heterocycles. The molecule has 1 N–H and O–H groups in total. The lowest BCUT2D eigenvalue weighted by Gasteiger charge is -2.22. The van der Waals surface area contributed by atoms with Gasteiger partial charge in [-0.15, -0.1) is 21.5 Å². The number of rotatable bonds is 6. The Labute approximate surface area is 177 Å². The summed E-state index contributed by atoms with van der Waals surface area (Å²) < 4.78 is 40.2. The van der Waals surface area contributed by atoms with Crippen LogP contribution in [0.5, 0.6) is 0 Å². The number of halogens is 3. The first-order valence-electron chi connectivity index (χ1n) is 9.27. The Hall–Kier alpha value is -2.88. The van der Waals surface area contributed by atoms with E-state index in [1.54, 1.807) is 11.3 Å². The zero-order chi connectivity index (χ0) is 21.7. The van der Waals surface area contributed by atoms with Crippen molar-refractivity contribution in [1.29, 1.82) is 0 Å². The second-order valence-electron chi connectivity index (χ2n) is 6.85. The summed E-state index contributed by atoms with van der Waals surface area (Å²) in [6, 6.07) is 9.18. The molecule has 6 nitrogen and oxygen atoms in total. The number of nitrogens with one attached hydrogen (secondary N) is 1. The number of alkyl halides is 3. The van der Waals surface area contributed by atoms with Gasteiger partial charge in [0.15, 0.2) is 11.8 Å². The summed E-state index contributed by atoms with van der Waals surface area (Å²) >= 11 is 1.64. The van der Waals surface area contributed by atoms with Crippen LogP contribution in [0.25, 0.3) is 0 Å². The van der Waals surface area contributed by atoms with E-state index in [-0.39, 0.29) is 0 Å². The van der Waals surface area contributed by atoms with Gasteiger partial charge < -0.3 is 14.8 Å². The van der Waals surface area contributed by atoms with Crippen LogP contribution in [0.3, 0.4) is 0 Å². The van der Waals surface area contributed by atoms with Crippen LogP contribution in [0.4, 0.5) is 13.2 Å². The maximum absolute atomic E-state index is 12.8. The van der Waals surface area contributed by atoms with Crippen LogP contribution in [0.15, 0.2) is 46.8 Å². The maximum atomic E-state index is 12.8. The monoisotopic (exact) mass is 436 g/mol. The average Bonchev–Trinajstić information content (AvgIpc) is 3.32. The standard InChI is InChI=1S/C20H23F3N6S/c1-14-26-27-18(29(14)3)12-25-19(24-11-17-5-4-10-30-17)28(2)13-15-6-8-16(9-7-15)20(21,22)23/h4-10H,11-13H2,1-3H3,(H,24,25). The highest BCUT2D eigenvalue weighted by Crippen LogP contribution is 2.29. The molecule has 0 spiro atoms. The smallest absolute Gasteiger partial charge is 0.351 e. The molecule has 0 fully saturated rings. The number of hydrogen-bond donors (Lipinski definition) is 1. The number of benzene rings is 1. The summed E-state index contributed by atoms with van der Waals surface area (Å²) in [6.07, 6.45) is -4.34. The van der Waals surface area contributed by atoms with Crippen molar-refractivity contribution in [2.75, 3.05) is 7.05 Å². The van der Waals surface area contributed by atoms with Gasteiger partial charge in [0.2, 0.25) is 0 Å². The topological polar surface area (TPSA) is 58.3 Å². The number of aryl methyl sites for hydroxylation is 1. The van der Waals surface area contributed by atoms with E-state index >= 15 is 0 Å². The quantitative estimate of drug-likeness (QED) is 0.469. The Bertz CT molecular complexity index is 977. The lowest BCUT2D eigenvalue weighted by molar-refractivity contribution is -0.137. The molecule has 0 aliphatic rings. The lowest BCUT2D eigenvalue weighted by atomic mass is 10.1. The van der Waals surface area contributed by atoms with Gasteiger partial charge in [-0.3, -0.25) is 0 Å². The van der Waals surface area contributed by atoms with Gasteiger partial charge in [-0.25, -0.2) is 4.99 Å². The van der Waals surface area contributed by atoms with E-state index in [9.17, 15) is 13.2 Å². The van der Waals surface area contributed by atoms with Crippen molar-refractivity contribution in [3.8, 4) is 0 Å². The van der Waals surface area contributed by atoms with Gasteiger partial charge in [0.05, 0.1) is 12.1 Å². The van der Waals surface area contributed by atoms with Crippen molar-refractivity contribution in [3.63, 3.8) is 0 Å². The molecular weight excluding hydrogens is 413 g/mol. The Morgan fingerprint density at radius 2 is 1.93 bits per heavy atom. The molecule has 10 heteroatoms. The Morgan fingerprint density at radius 1 is 1.20 bits per heavy atom. The molecule has 0 saturated carbocycles. The minimum absolute atomic E-state index is 0.335. The van der Waals surface area contributed by atoms with E-state index in [0.29, 0.717) is 25.6 Å². The SMILES string of the molecule is Cc1nnc(CN=C(NCc2cccs2)N(C)Cc2ccc(C(F)(F)F)cc2)n1C. The van der Waals surface area contributed by atoms with E-state index in [1.165, 1.54) is 12.1 Å². The van der Waals surface area contributed by atoms with Gasteiger partial charge in [0.1, 0.15) is 12.4 Å². The summed E-state index contributed by atoms with van der Waals surface area (Å²) in [5, 5.41) is 13.5. The third kappa shape index (κ3) is 5.59. The van der Waals surface area contributed by atoms with Crippen LogP contribution in [-0.4, -0.2) is 32.7 Å². The summed E-state index contributed by atoms with van der Waals surface area (Å²) in [5.41, 5.74) is 0.0990. The molecule has 2 heterocycles. The Kier molecular flexibility index (Phi) is 6.76.